The molecule has 0 saturated carbocycles. The molecule has 0 radical (unpaired) electrons. The summed E-state index contributed by atoms with van der Waals surface area (Å²) in [6.07, 6.45) is 0. The molecule has 4 rings (SSSR count). The molecule has 186 valence electrons. The molecule has 0 aliphatic carbocycles. The van der Waals surface area contributed by atoms with Crippen molar-refractivity contribution in [2.24, 2.45) is 0 Å². The molecule has 1 N–H and O–H groups in total. The number of thioether (sulfide) groups is 1. The Bertz CT molecular complexity index is 1460. The summed E-state index contributed by atoms with van der Waals surface area (Å²) in [6.45, 7) is 12.1. The molecular formula is C30H32N2O3S. The van der Waals surface area contributed by atoms with Gasteiger partial charge >= 0.3 is 0 Å². The van der Waals surface area contributed by atoms with Crippen LogP contribution in [0.1, 0.15) is 63.0 Å². The number of carbonyl (C=O) groups is 1. The molecule has 5 nitrogen and oxygen atoms in total. The fourth-order valence-electron chi connectivity index (χ4n) is 4.17. The van der Waals surface area contributed by atoms with Gasteiger partial charge < -0.3 is 5.11 Å². The van der Waals surface area contributed by atoms with E-state index in [2.05, 4.69) is 0 Å². The summed E-state index contributed by atoms with van der Waals surface area (Å²) in [6, 6.07) is 20.2. The minimum Gasteiger partial charge on any atom is -0.507 e. The molecule has 0 amide bonds. The van der Waals surface area contributed by atoms with Gasteiger partial charge in [0, 0.05) is 16.7 Å². The van der Waals surface area contributed by atoms with Crippen molar-refractivity contribution in [2.45, 2.75) is 57.5 Å². The molecule has 1 heterocycles. The Hall–Kier alpha value is -3.38. The zero-order chi connectivity index (χ0) is 26.3. The van der Waals surface area contributed by atoms with Crippen molar-refractivity contribution in [1.29, 1.82) is 0 Å². The van der Waals surface area contributed by atoms with Crippen LogP contribution < -0.4 is 5.56 Å². The molecule has 0 atom stereocenters. The molecular weight excluding hydrogens is 468 g/mol. The number of benzene rings is 3. The number of carbonyl (C=O) groups excluding carboxylic acids is 1. The molecule has 0 spiro atoms. The number of fused-ring (bicyclic) bond motifs is 1. The van der Waals surface area contributed by atoms with Crippen LogP contribution in [0.2, 0.25) is 0 Å². The maximum Gasteiger partial charge on any atom is 0.266 e. The second-order valence-electron chi connectivity index (χ2n) is 11.0. The van der Waals surface area contributed by atoms with Crippen molar-refractivity contribution in [1.82, 2.24) is 9.55 Å². The second kappa shape index (κ2) is 9.58. The van der Waals surface area contributed by atoms with E-state index in [4.69, 9.17) is 4.98 Å². The summed E-state index contributed by atoms with van der Waals surface area (Å²) < 4.78 is 1.57. The zero-order valence-electron chi connectivity index (χ0n) is 21.6. The van der Waals surface area contributed by atoms with Gasteiger partial charge in [0.25, 0.3) is 5.56 Å². The van der Waals surface area contributed by atoms with Gasteiger partial charge in [-0.3, -0.25) is 14.2 Å². The van der Waals surface area contributed by atoms with Crippen LogP contribution >= 0.6 is 11.8 Å². The Labute approximate surface area is 216 Å². The first-order chi connectivity index (χ1) is 16.9. The predicted molar refractivity (Wildman–Crippen MR) is 148 cm³/mol. The van der Waals surface area contributed by atoms with Crippen LogP contribution in [0.4, 0.5) is 0 Å². The molecule has 0 unspecified atom stereocenters. The lowest BCUT2D eigenvalue weighted by molar-refractivity contribution is 0.102. The number of rotatable bonds is 5. The Morgan fingerprint density at radius 2 is 1.44 bits per heavy atom. The van der Waals surface area contributed by atoms with Gasteiger partial charge in [0.05, 0.1) is 22.3 Å². The highest BCUT2D eigenvalue weighted by atomic mass is 32.2. The van der Waals surface area contributed by atoms with Gasteiger partial charge in [0.1, 0.15) is 5.75 Å². The smallest absolute Gasteiger partial charge is 0.266 e. The van der Waals surface area contributed by atoms with Gasteiger partial charge in [-0.2, -0.15) is 0 Å². The van der Waals surface area contributed by atoms with E-state index in [1.54, 1.807) is 22.8 Å². The topological polar surface area (TPSA) is 72.2 Å². The number of aromatic hydroxyl groups is 1. The third-order valence-corrected chi connectivity index (χ3v) is 7.08. The van der Waals surface area contributed by atoms with Crippen LogP contribution in [0.15, 0.2) is 76.7 Å². The Kier molecular flexibility index (Phi) is 6.84. The van der Waals surface area contributed by atoms with Gasteiger partial charge in [-0.1, -0.05) is 83.6 Å². The number of Topliss-reactive ketones (excluding diaryl/α,β-unsaturated/α-hetero) is 1. The molecule has 6 heteroatoms. The lowest BCUT2D eigenvalue weighted by atomic mass is 9.78. The van der Waals surface area contributed by atoms with Crippen molar-refractivity contribution in [3.8, 4) is 11.4 Å². The summed E-state index contributed by atoms with van der Waals surface area (Å²) in [4.78, 5) is 31.6. The Balaban J connectivity index is 1.76. The van der Waals surface area contributed by atoms with Gasteiger partial charge in [-0.15, -0.1) is 0 Å². The van der Waals surface area contributed by atoms with Crippen molar-refractivity contribution in [3.05, 3.63) is 93.8 Å². The average molecular weight is 501 g/mol. The van der Waals surface area contributed by atoms with Crippen molar-refractivity contribution in [2.75, 3.05) is 5.75 Å². The van der Waals surface area contributed by atoms with E-state index in [0.717, 1.165) is 11.1 Å². The largest absolute Gasteiger partial charge is 0.507 e. The van der Waals surface area contributed by atoms with Crippen LogP contribution in [0.3, 0.4) is 0 Å². The number of hydrogen-bond donors (Lipinski definition) is 1. The summed E-state index contributed by atoms with van der Waals surface area (Å²) in [5, 5.41) is 12.0. The fraction of sp³-hybridized carbons (Fsp3) is 0.300. The minimum absolute atomic E-state index is 0.0852. The SMILES string of the molecule is CC(C)(C)c1cc(C(=O)CSc2nc3ccccc3c(=O)n2-c2ccccc2)cc(C(C)(C)C)c1O. The van der Waals surface area contributed by atoms with Crippen LogP contribution in [-0.4, -0.2) is 26.2 Å². The number of aromatic nitrogens is 2. The quantitative estimate of drug-likeness (QED) is 0.188. The number of ketones is 1. The Morgan fingerprint density at radius 3 is 2.03 bits per heavy atom. The minimum atomic E-state index is -0.332. The van der Waals surface area contributed by atoms with Crippen LogP contribution in [0.5, 0.6) is 5.75 Å². The van der Waals surface area contributed by atoms with Gasteiger partial charge in [-0.25, -0.2) is 4.98 Å². The second-order valence-corrected chi connectivity index (χ2v) is 12.0. The monoisotopic (exact) mass is 500 g/mol. The highest BCUT2D eigenvalue weighted by molar-refractivity contribution is 7.99. The highest BCUT2D eigenvalue weighted by Crippen LogP contribution is 2.40. The van der Waals surface area contributed by atoms with Crippen LogP contribution in [-0.2, 0) is 10.8 Å². The summed E-state index contributed by atoms with van der Waals surface area (Å²) >= 11 is 1.24. The lowest BCUT2D eigenvalue weighted by Gasteiger charge is -2.28. The summed E-state index contributed by atoms with van der Waals surface area (Å²) in [5.41, 5.74) is 2.50. The number of phenols is 1. The molecule has 1 aromatic heterocycles. The summed E-state index contributed by atoms with van der Waals surface area (Å²) in [5.74, 6) is 0.265. The first-order valence-corrected chi connectivity index (χ1v) is 13.0. The van der Waals surface area contributed by atoms with Gasteiger partial charge in [0.15, 0.2) is 10.9 Å². The number of nitrogens with zero attached hydrogens (tertiary/aromatic N) is 2. The van der Waals surface area contributed by atoms with Crippen LogP contribution in [0, 0.1) is 0 Å². The van der Waals surface area contributed by atoms with Crippen molar-refractivity contribution >= 4 is 28.4 Å². The fourth-order valence-corrected chi connectivity index (χ4v) is 5.07. The van der Waals surface area contributed by atoms with E-state index >= 15 is 0 Å². The van der Waals surface area contributed by atoms with Crippen molar-refractivity contribution in [3.63, 3.8) is 0 Å². The predicted octanol–water partition coefficient (Wildman–Crippen LogP) is 6.66. The molecule has 0 aliphatic rings. The molecule has 0 bridgehead atoms. The van der Waals surface area contributed by atoms with E-state index in [9.17, 15) is 14.7 Å². The highest BCUT2D eigenvalue weighted by Gasteiger charge is 2.28. The average Bonchev–Trinajstić information content (AvgIpc) is 2.82. The van der Waals surface area contributed by atoms with Gasteiger partial charge in [0.2, 0.25) is 0 Å². The molecule has 36 heavy (non-hydrogen) atoms. The third-order valence-electron chi connectivity index (χ3n) is 6.14. The number of hydrogen-bond acceptors (Lipinski definition) is 5. The van der Waals surface area contributed by atoms with Crippen molar-refractivity contribution < 1.29 is 9.90 Å². The number of para-hydroxylation sites is 2. The van der Waals surface area contributed by atoms with Crippen LogP contribution in [0.25, 0.3) is 16.6 Å². The number of phenolic OH excluding ortho intramolecular Hbond substituents is 1. The maximum atomic E-state index is 13.5. The molecule has 0 fully saturated rings. The molecule has 4 aromatic rings. The molecule has 0 aliphatic heterocycles. The molecule has 0 saturated heterocycles. The maximum absolute atomic E-state index is 13.5. The zero-order valence-corrected chi connectivity index (χ0v) is 22.4. The van der Waals surface area contributed by atoms with E-state index < -0.39 is 0 Å². The van der Waals surface area contributed by atoms with Gasteiger partial charge in [-0.05, 0) is 47.2 Å². The van der Waals surface area contributed by atoms with E-state index in [1.807, 2.05) is 90.1 Å². The molecule has 3 aromatic carbocycles. The lowest BCUT2D eigenvalue weighted by Crippen LogP contribution is -2.22. The van der Waals surface area contributed by atoms with E-state index in [-0.39, 0.29) is 33.7 Å². The first kappa shape index (κ1) is 25.7. The third kappa shape index (κ3) is 5.09. The normalized spacial score (nSPS) is 12.2. The Morgan fingerprint density at radius 1 is 0.889 bits per heavy atom. The standard InChI is InChI=1S/C30H32N2O3S/c1-29(2,3)22-16-19(17-23(26(22)34)30(4,5)6)25(33)18-36-28-31-24-15-11-10-14-21(24)27(35)32(28)20-12-8-7-9-13-20/h7-17,34H,18H2,1-6H3. The first-order valence-electron chi connectivity index (χ1n) is 12.0. The van der Waals surface area contributed by atoms with E-state index in [1.165, 1.54) is 11.8 Å². The van der Waals surface area contributed by atoms with E-state index in [0.29, 0.717) is 27.3 Å². The summed E-state index contributed by atoms with van der Waals surface area (Å²) in [7, 11) is 0.